The van der Waals surface area contributed by atoms with Gasteiger partial charge in [-0.05, 0) is 30.4 Å². The summed E-state index contributed by atoms with van der Waals surface area (Å²) in [6.45, 7) is 0. The van der Waals surface area contributed by atoms with Crippen molar-refractivity contribution in [3.8, 4) is 0 Å². The van der Waals surface area contributed by atoms with Gasteiger partial charge < -0.3 is 5.73 Å². The Labute approximate surface area is 120 Å². The number of benzene rings is 1. The zero-order valence-electron chi connectivity index (χ0n) is 12.1. The van der Waals surface area contributed by atoms with E-state index >= 15 is 0 Å². The molecule has 1 unspecified atom stereocenters. The molecule has 0 saturated heterocycles. The lowest BCUT2D eigenvalue weighted by atomic mass is 9.71. The maximum atomic E-state index is 6.65. The highest BCUT2D eigenvalue weighted by Crippen LogP contribution is 2.43. The molecule has 0 amide bonds. The Kier molecular flexibility index (Phi) is 3.62. The summed E-state index contributed by atoms with van der Waals surface area (Å²) < 4.78 is 1.85. The van der Waals surface area contributed by atoms with E-state index in [-0.39, 0.29) is 11.5 Å². The van der Waals surface area contributed by atoms with Gasteiger partial charge in [0.1, 0.15) is 0 Å². The first kappa shape index (κ1) is 13.4. The molecule has 1 fully saturated rings. The molecule has 0 radical (unpaired) electrons. The highest BCUT2D eigenvalue weighted by atomic mass is 15.2. The van der Waals surface area contributed by atoms with Gasteiger partial charge in [0, 0.05) is 24.7 Å². The third-order valence-electron chi connectivity index (χ3n) is 4.77. The van der Waals surface area contributed by atoms with E-state index in [1.165, 1.54) is 36.8 Å². The van der Waals surface area contributed by atoms with Gasteiger partial charge in [-0.15, -0.1) is 0 Å². The summed E-state index contributed by atoms with van der Waals surface area (Å²) in [4.78, 5) is 0. The Morgan fingerprint density at radius 3 is 2.55 bits per heavy atom. The average Bonchev–Trinajstić information content (AvgIpc) is 3.10. The van der Waals surface area contributed by atoms with Gasteiger partial charge in [-0.2, -0.15) is 5.10 Å². The zero-order chi connectivity index (χ0) is 14.0. The van der Waals surface area contributed by atoms with Crippen LogP contribution in [0.2, 0.25) is 0 Å². The topological polar surface area (TPSA) is 43.8 Å². The van der Waals surface area contributed by atoms with E-state index in [4.69, 9.17) is 5.73 Å². The zero-order valence-corrected chi connectivity index (χ0v) is 12.1. The summed E-state index contributed by atoms with van der Waals surface area (Å²) in [6, 6.07) is 11.0. The minimum absolute atomic E-state index is 0.150. The van der Waals surface area contributed by atoms with Crippen molar-refractivity contribution < 1.29 is 0 Å². The van der Waals surface area contributed by atoms with Crippen molar-refractivity contribution in [2.24, 2.45) is 12.8 Å². The summed E-state index contributed by atoms with van der Waals surface area (Å²) >= 11 is 0. The van der Waals surface area contributed by atoms with Crippen molar-refractivity contribution >= 4 is 0 Å². The van der Waals surface area contributed by atoms with E-state index in [1.54, 1.807) is 0 Å². The second-order valence-corrected chi connectivity index (χ2v) is 6.06. The minimum atomic E-state index is 0.150. The number of aryl methyl sites for hydroxylation is 1. The molecule has 20 heavy (non-hydrogen) atoms. The molecule has 0 bridgehead atoms. The fourth-order valence-corrected chi connectivity index (χ4v) is 3.68. The fourth-order valence-electron chi connectivity index (χ4n) is 3.68. The SMILES string of the molecule is Cn1cc(CC(N)C2(c3ccccc3)CCCC2)cn1. The van der Waals surface area contributed by atoms with E-state index in [0.29, 0.717) is 0 Å². The summed E-state index contributed by atoms with van der Waals surface area (Å²) in [5.74, 6) is 0. The number of nitrogens with two attached hydrogens (primary N) is 1. The minimum Gasteiger partial charge on any atom is -0.327 e. The lowest BCUT2D eigenvalue weighted by Gasteiger charge is -2.36. The van der Waals surface area contributed by atoms with Gasteiger partial charge >= 0.3 is 0 Å². The molecule has 1 aromatic carbocycles. The molecule has 2 aromatic rings. The van der Waals surface area contributed by atoms with Crippen molar-refractivity contribution in [3.05, 3.63) is 53.9 Å². The number of aromatic nitrogens is 2. The van der Waals surface area contributed by atoms with Crippen LogP contribution in [0, 0.1) is 0 Å². The van der Waals surface area contributed by atoms with Crippen molar-refractivity contribution in [2.75, 3.05) is 0 Å². The summed E-state index contributed by atoms with van der Waals surface area (Å²) in [5, 5.41) is 4.25. The first-order valence-corrected chi connectivity index (χ1v) is 7.49. The molecule has 2 N–H and O–H groups in total. The van der Waals surface area contributed by atoms with E-state index in [2.05, 4.69) is 41.6 Å². The maximum Gasteiger partial charge on any atom is 0.0522 e. The van der Waals surface area contributed by atoms with Crippen LogP contribution in [0.1, 0.15) is 36.8 Å². The summed E-state index contributed by atoms with van der Waals surface area (Å²) in [5.41, 5.74) is 9.45. The van der Waals surface area contributed by atoms with E-state index in [9.17, 15) is 0 Å². The smallest absolute Gasteiger partial charge is 0.0522 e. The van der Waals surface area contributed by atoms with Crippen LogP contribution in [0.15, 0.2) is 42.7 Å². The first-order valence-electron chi connectivity index (χ1n) is 7.49. The molecule has 3 rings (SSSR count). The molecular weight excluding hydrogens is 246 g/mol. The van der Waals surface area contributed by atoms with E-state index in [1.807, 2.05) is 17.9 Å². The molecule has 1 aliphatic carbocycles. The van der Waals surface area contributed by atoms with E-state index in [0.717, 1.165) is 6.42 Å². The highest BCUT2D eigenvalue weighted by Gasteiger charge is 2.40. The molecule has 1 atom stereocenters. The van der Waals surface area contributed by atoms with Gasteiger partial charge in [0.2, 0.25) is 0 Å². The van der Waals surface area contributed by atoms with Gasteiger partial charge in [0.25, 0.3) is 0 Å². The quantitative estimate of drug-likeness (QED) is 0.927. The van der Waals surface area contributed by atoms with Crippen LogP contribution >= 0.6 is 0 Å². The summed E-state index contributed by atoms with van der Waals surface area (Å²) in [7, 11) is 1.96. The molecule has 1 heterocycles. The van der Waals surface area contributed by atoms with Gasteiger partial charge in [-0.25, -0.2) is 0 Å². The Hall–Kier alpha value is -1.61. The van der Waals surface area contributed by atoms with Crippen LogP contribution in [0.25, 0.3) is 0 Å². The van der Waals surface area contributed by atoms with Crippen LogP contribution in [0.4, 0.5) is 0 Å². The largest absolute Gasteiger partial charge is 0.327 e. The normalized spacial score (nSPS) is 19.1. The third-order valence-corrected chi connectivity index (χ3v) is 4.77. The number of hydrogen-bond donors (Lipinski definition) is 1. The number of hydrogen-bond acceptors (Lipinski definition) is 2. The second-order valence-electron chi connectivity index (χ2n) is 6.06. The van der Waals surface area contributed by atoms with Crippen LogP contribution in [-0.4, -0.2) is 15.8 Å². The lowest BCUT2D eigenvalue weighted by molar-refractivity contribution is 0.347. The van der Waals surface area contributed by atoms with Crippen LogP contribution in [0.5, 0.6) is 0 Å². The van der Waals surface area contributed by atoms with Gasteiger partial charge in [0.05, 0.1) is 6.20 Å². The number of nitrogens with zero attached hydrogens (tertiary/aromatic N) is 2. The van der Waals surface area contributed by atoms with Crippen molar-refractivity contribution in [2.45, 2.75) is 43.6 Å². The Morgan fingerprint density at radius 1 is 1.25 bits per heavy atom. The second kappa shape index (κ2) is 5.41. The predicted molar refractivity (Wildman–Crippen MR) is 81.5 cm³/mol. The fraction of sp³-hybridized carbons (Fsp3) is 0.471. The average molecular weight is 269 g/mol. The van der Waals surface area contributed by atoms with Crippen molar-refractivity contribution in [1.82, 2.24) is 9.78 Å². The standard InChI is InChI=1S/C17H23N3/c1-20-13-14(12-19-20)11-16(18)17(9-5-6-10-17)15-7-3-2-4-8-15/h2-4,7-8,12-13,16H,5-6,9-11,18H2,1H3. The van der Waals surface area contributed by atoms with Gasteiger partial charge in [-0.3, -0.25) is 4.68 Å². The van der Waals surface area contributed by atoms with Crippen molar-refractivity contribution in [1.29, 1.82) is 0 Å². The molecule has 3 nitrogen and oxygen atoms in total. The molecule has 3 heteroatoms. The monoisotopic (exact) mass is 269 g/mol. The predicted octanol–water partition coefficient (Wildman–Crippen LogP) is 2.80. The van der Waals surface area contributed by atoms with Crippen LogP contribution in [-0.2, 0) is 18.9 Å². The molecule has 1 saturated carbocycles. The Morgan fingerprint density at radius 2 is 1.95 bits per heavy atom. The van der Waals surface area contributed by atoms with Gasteiger partial charge in [-0.1, -0.05) is 43.2 Å². The molecule has 106 valence electrons. The van der Waals surface area contributed by atoms with Crippen LogP contribution in [0.3, 0.4) is 0 Å². The number of rotatable bonds is 4. The molecular formula is C17H23N3. The lowest BCUT2D eigenvalue weighted by Crippen LogP contribution is -2.45. The molecule has 0 aliphatic heterocycles. The van der Waals surface area contributed by atoms with Crippen molar-refractivity contribution in [3.63, 3.8) is 0 Å². The molecule has 1 aromatic heterocycles. The van der Waals surface area contributed by atoms with Crippen LogP contribution < -0.4 is 5.73 Å². The first-order chi connectivity index (χ1) is 9.71. The van der Waals surface area contributed by atoms with E-state index < -0.39 is 0 Å². The molecule has 1 aliphatic rings. The third kappa shape index (κ3) is 2.38. The Bertz CT molecular complexity index is 553. The molecule has 0 spiro atoms. The summed E-state index contributed by atoms with van der Waals surface area (Å²) in [6.07, 6.45) is 9.91. The highest BCUT2D eigenvalue weighted by molar-refractivity contribution is 5.30. The maximum absolute atomic E-state index is 6.65. The van der Waals surface area contributed by atoms with Gasteiger partial charge in [0.15, 0.2) is 0 Å². The Balaban J connectivity index is 1.87.